The van der Waals surface area contributed by atoms with E-state index in [2.05, 4.69) is 29.4 Å². The molecule has 1 N–H and O–H groups in total. The first-order chi connectivity index (χ1) is 9.79. The van der Waals surface area contributed by atoms with Crippen molar-refractivity contribution < 1.29 is 4.74 Å². The highest BCUT2D eigenvalue weighted by Gasteiger charge is 2.11. The van der Waals surface area contributed by atoms with Crippen molar-refractivity contribution in [3.05, 3.63) is 24.3 Å². The quantitative estimate of drug-likeness (QED) is 0.772. The Hall–Kier alpha value is -1.22. The third-order valence-corrected chi connectivity index (χ3v) is 4.22. The lowest BCUT2D eigenvalue weighted by atomic mass is 9.95. The highest BCUT2D eigenvalue weighted by molar-refractivity contribution is 5.48. The minimum Gasteiger partial charge on any atom is -0.497 e. The number of hydrogen-bond acceptors (Lipinski definition) is 3. The Balaban J connectivity index is 1.64. The lowest BCUT2D eigenvalue weighted by Gasteiger charge is -2.24. The molecule has 0 atom stereocenters. The second-order valence-electron chi connectivity index (χ2n) is 5.76. The average molecular weight is 276 g/mol. The summed E-state index contributed by atoms with van der Waals surface area (Å²) in [5.41, 5.74) is 1.25. The molecule has 0 saturated heterocycles. The number of benzene rings is 1. The standard InChI is InChI=1S/C17H28N2O/c1-19(16-9-11-17(20-2)12-10-16)14-6-13-18-15-7-4-3-5-8-15/h9-12,15,18H,3-8,13-14H2,1-2H3. The summed E-state index contributed by atoms with van der Waals surface area (Å²) in [6.45, 7) is 2.22. The largest absolute Gasteiger partial charge is 0.497 e. The summed E-state index contributed by atoms with van der Waals surface area (Å²) in [4.78, 5) is 2.31. The van der Waals surface area contributed by atoms with Crippen molar-refractivity contribution in [3.8, 4) is 5.75 Å². The lowest BCUT2D eigenvalue weighted by molar-refractivity contribution is 0.373. The van der Waals surface area contributed by atoms with Gasteiger partial charge in [-0.1, -0.05) is 19.3 Å². The van der Waals surface area contributed by atoms with Crippen LogP contribution in [0.2, 0.25) is 0 Å². The molecule has 0 radical (unpaired) electrons. The van der Waals surface area contributed by atoms with Crippen LogP contribution in [0.5, 0.6) is 5.75 Å². The van der Waals surface area contributed by atoms with Crippen LogP contribution in [0.1, 0.15) is 38.5 Å². The van der Waals surface area contributed by atoms with Gasteiger partial charge in [-0.05, 0) is 50.1 Å². The molecule has 0 aromatic heterocycles. The van der Waals surface area contributed by atoms with Crippen LogP contribution >= 0.6 is 0 Å². The number of nitrogens with one attached hydrogen (secondary N) is 1. The maximum Gasteiger partial charge on any atom is 0.119 e. The SMILES string of the molecule is COc1ccc(N(C)CCCNC2CCCCC2)cc1. The summed E-state index contributed by atoms with van der Waals surface area (Å²) >= 11 is 0. The zero-order chi connectivity index (χ0) is 14.2. The van der Waals surface area contributed by atoms with Crippen LogP contribution in [0.25, 0.3) is 0 Å². The van der Waals surface area contributed by atoms with Gasteiger partial charge in [-0.3, -0.25) is 0 Å². The van der Waals surface area contributed by atoms with Crippen molar-refractivity contribution in [2.24, 2.45) is 0 Å². The summed E-state index contributed by atoms with van der Waals surface area (Å²) in [5.74, 6) is 0.918. The molecule has 3 nitrogen and oxygen atoms in total. The molecule has 1 fully saturated rings. The van der Waals surface area contributed by atoms with E-state index < -0.39 is 0 Å². The van der Waals surface area contributed by atoms with Gasteiger partial charge < -0.3 is 15.0 Å². The highest BCUT2D eigenvalue weighted by Crippen LogP contribution is 2.19. The number of anilines is 1. The maximum absolute atomic E-state index is 5.19. The number of nitrogens with zero attached hydrogens (tertiary/aromatic N) is 1. The molecule has 112 valence electrons. The molecule has 0 heterocycles. The Morgan fingerprint density at radius 3 is 2.50 bits per heavy atom. The van der Waals surface area contributed by atoms with Crippen molar-refractivity contribution in [1.29, 1.82) is 0 Å². The molecule has 2 rings (SSSR count). The molecule has 0 unspecified atom stereocenters. The predicted molar refractivity (Wildman–Crippen MR) is 85.8 cm³/mol. The molecule has 1 saturated carbocycles. The van der Waals surface area contributed by atoms with E-state index in [4.69, 9.17) is 4.74 Å². The number of ether oxygens (including phenoxy) is 1. The van der Waals surface area contributed by atoms with Crippen LogP contribution < -0.4 is 15.0 Å². The van der Waals surface area contributed by atoms with Crippen LogP contribution in [-0.2, 0) is 0 Å². The van der Waals surface area contributed by atoms with Crippen LogP contribution in [0.4, 0.5) is 5.69 Å². The van der Waals surface area contributed by atoms with Crippen molar-refractivity contribution >= 4 is 5.69 Å². The van der Waals surface area contributed by atoms with Gasteiger partial charge in [0.1, 0.15) is 5.75 Å². The summed E-state index contributed by atoms with van der Waals surface area (Å²) in [6, 6.07) is 9.05. The van der Waals surface area contributed by atoms with E-state index in [1.165, 1.54) is 44.2 Å². The molecule has 1 aromatic rings. The zero-order valence-corrected chi connectivity index (χ0v) is 12.9. The predicted octanol–water partition coefficient (Wildman–Crippen LogP) is 3.44. The van der Waals surface area contributed by atoms with Crippen LogP contribution in [-0.4, -0.2) is 33.3 Å². The monoisotopic (exact) mass is 276 g/mol. The molecular weight excluding hydrogens is 248 g/mol. The summed E-state index contributed by atoms with van der Waals surface area (Å²) < 4.78 is 5.19. The fourth-order valence-corrected chi connectivity index (χ4v) is 2.89. The molecule has 0 bridgehead atoms. The van der Waals surface area contributed by atoms with Crippen LogP contribution in [0.15, 0.2) is 24.3 Å². The molecule has 1 aliphatic carbocycles. The Morgan fingerprint density at radius 2 is 1.85 bits per heavy atom. The van der Waals surface area contributed by atoms with Gasteiger partial charge in [-0.2, -0.15) is 0 Å². The van der Waals surface area contributed by atoms with Crippen molar-refractivity contribution in [1.82, 2.24) is 5.32 Å². The summed E-state index contributed by atoms with van der Waals surface area (Å²) in [6.07, 6.45) is 8.17. The third-order valence-electron chi connectivity index (χ3n) is 4.22. The first-order valence-electron chi connectivity index (χ1n) is 7.88. The van der Waals surface area contributed by atoms with Gasteiger partial charge in [-0.15, -0.1) is 0 Å². The Kier molecular flexibility index (Phi) is 6.19. The minimum absolute atomic E-state index is 0.773. The minimum atomic E-state index is 0.773. The molecule has 3 heteroatoms. The molecule has 0 aliphatic heterocycles. The average Bonchev–Trinajstić information content (AvgIpc) is 2.52. The summed E-state index contributed by atoms with van der Waals surface area (Å²) in [5, 5.41) is 3.70. The van der Waals surface area contributed by atoms with Crippen molar-refractivity contribution in [3.63, 3.8) is 0 Å². The fourth-order valence-electron chi connectivity index (χ4n) is 2.89. The van der Waals surface area contributed by atoms with E-state index in [0.29, 0.717) is 0 Å². The number of methoxy groups -OCH3 is 1. The molecule has 1 aromatic carbocycles. The zero-order valence-electron chi connectivity index (χ0n) is 12.9. The van der Waals surface area contributed by atoms with Gasteiger partial charge in [0, 0.05) is 25.3 Å². The summed E-state index contributed by atoms with van der Waals surface area (Å²) in [7, 11) is 3.86. The van der Waals surface area contributed by atoms with Gasteiger partial charge in [0.25, 0.3) is 0 Å². The molecule has 20 heavy (non-hydrogen) atoms. The topological polar surface area (TPSA) is 24.5 Å². The Bertz CT molecular complexity index is 371. The van der Waals surface area contributed by atoms with Crippen LogP contribution in [0.3, 0.4) is 0 Å². The second kappa shape index (κ2) is 8.15. The highest BCUT2D eigenvalue weighted by atomic mass is 16.5. The maximum atomic E-state index is 5.19. The Labute approximate surface area is 123 Å². The Morgan fingerprint density at radius 1 is 1.15 bits per heavy atom. The second-order valence-corrected chi connectivity index (χ2v) is 5.76. The first kappa shape index (κ1) is 15.2. The van der Waals surface area contributed by atoms with Gasteiger partial charge in [-0.25, -0.2) is 0 Å². The van der Waals surface area contributed by atoms with E-state index >= 15 is 0 Å². The van der Waals surface area contributed by atoms with E-state index in [-0.39, 0.29) is 0 Å². The third kappa shape index (κ3) is 4.71. The van der Waals surface area contributed by atoms with E-state index in [1.807, 2.05) is 12.1 Å². The van der Waals surface area contributed by atoms with Crippen molar-refractivity contribution in [2.75, 3.05) is 32.1 Å². The smallest absolute Gasteiger partial charge is 0.119 e. The van der Waals surface area contributed by atoms with Crippen molar-refractivity contribution in [2.45, 2.75) is 44.6 Å². The molecule has 0 amide bonds. The molecule has 0 spiro atoms. The van der Waals surface area contributed by atoms with Gasteiger partial charge >= 0.3 is 0 Å². The van der Waals surface area contributed by atoms with Crippen LogP contribution in [0, 0.1) is 0 Å². The fraction of sp³-hybridized carbons (Fsp3) is 0.647. The number of hydrogen-bond donors (Lipinski definition) is 1. The van der Waals surface area contributed by atoms with E-state index in [1.54, 1.807) is 7.11 Å². The van der Waals surface area contributed by atoms with Gasteiger partial charge in [0.05, 0.1) is 7.11 Å². The normalized spacial score (nSPS) is 16.1. The van der Waals surface area contributed by atoms with E-state index in [9.17, 15) is 0 Å². The molecular formula is C17H28N2O. The first-order valence-corrected chi connectivity index (χ1v) is 7.88. The lowest BCUT2D eigenvalue weighted by Crippen LogP contribution is -2.33. The van der Waals surface area contributed by atoms with Gasteiger partial charge in [0.15, 0.2) is 0 Å². The van der Waals surface area contributed by atoms with Gasteiger partial charge in [0.2, 0.25) is 0 Å². The molecule has 1 aliphatic rings. The number of rotatable bonds is 7. The van der Waals surface area contributed by atoms with E-state index in [0.717, 1.165) is 24.9 Å².